The molecule has 8 nitrogen and oxygen atoms in total. The van der Waals surface area contributed by atoms with Gasteiger partial charge in [-0.2, -0.15) is 0 Å². The molecule has 3 heterocycles. The van der Waals surface area contributed by atoms with E-state index in [1.165, 1.54) is 11.8 Å². The Kier molecular flexibility index (Phi) is 5.59. The molecule has 1 aliphatic heterocycles. The average molecular weight is 485 g/mol. The van der Waals surface area contributed by atoms with Crippen molar-refractivity contribution in [3.05, 3.63) is 78.9 Å². The third-order valence-electron chi connectivity index (χ3n) is 5.45. The number of para-hydroxylation sites is 2. The third-order valence-corrected chi connectivity index (χ3v) is 6.38. The number of carbonyl (C=O) groups is 1. The molecule has 9 heteroatoms. The normalized spacial score (nSPS) is 12.6. The van der Waals surface area contributed by atoms with E-state index in [1.807, 2.05) is 65.2 Å². The minimum absolute atomic E-state index is 0.152. The number of furan rings is 1. The van der Waals surface area contributed by atoms with Crippen molar-refractivity contribution in [3.8, 4) is 28.8 Å². The number of carbonyl (C=O) groups excluding carboxylic acids is 1. The maximum Gasteiger partial charge on any atom is 0.234 e. The number of amides is 1. The van der Waals surface area contributed by atoms with Crippen LogP contribution < -0.4 is 14.8 Å². The average Bonchev–Trinajstić information content (AvgIpc) is 3.52. The van der Waals surface area contributed by atoms with Gasteiger partial charge in [-0.25, -0.2) is 0 Å². The standard InChI is InChI=1S/C26H20N4O4S/c31-24(27-18-10-11-21-22(15-18)33-13-12-32-21)16-35-26-29-28-25(30(26)19-7-2-1-3-8-19)23-14-17-6-4-5-9-20(17)34-23/h1-11,14-15H,12-13,16H2,(H,27,31). The summed E-state index contributed by atoms with van der Waals surface area (Å²) < 4.78 is 19.1. The van der Waals surface area contributed by atoms with Gasteiger partial charge in [0.15, 0.2) is 22.4 Å². The topological polar surface area (TPSA) is 91.4 Å². The number of thioether (sulfide) groups is 1. The molecule has 2 aromatic heterocycles. The summed E-state index contributed by atoms with van der Waals surface area (Å²) in [6, 6.07) is 24.9. The van der Waals surface area contributed by atoms with Gasteiger partial charge in [-0.15, -0.1) is 10.2 Å². The molecular formula is C26H20N4O4S. The molecule has 1 aliphatic rings. The van der Waals surface area contributed by atoms with Gasteiger partial charge >= 0.3 is 0 Å². The minimum Gasteiger partial charge on any atom is -0.486 e. The minimum atomic E-state index is -0.167. The van der Waals surface area contributed by atoms with Crippen LogP contribution in [-0.4, -0.2) is 39.6 Å². The zero-order chi connectivity index (χ0) is 23.6. The first-order valence-electron chi connectivity index (χ1n) is 11.1. The Morgan fingerprint density at radius 1 is 0.914 bits per heavy atom. The number of benzene rings is 3. The number of ether oxygens (including phenoxy) is 2. The summed E-state index contributed by atoms with van der Waals surface area (Å²) in [5.74, 6) is 2.47. The molecule has 35 heavy (non-hydrogen) atoms. The van der Waals surface area contributed by atoms with Crippen molar-refractivity contribution in [1.29, 1.82) is 0 Å². The summed E-state index contributed by atoms with van der Waals surface area (Å²) in [5, 5.41) is 13.3. The van der Waals surface area contributed by atoms with Crippen molar-refractivity contribution in [2.24, 2.45) is 0 Å². The molecule has 0 spiro atoms. The van der Waals surface area contributed by atoms with Gasteiger partial charge in [0.05, 0.1) is 5.75 Å². The van der Waals surface area contributed by atoms with Gasteiger partial charge in [-0.1, -0.05) is 48.2 Å². The maximum atomic E-state index is 12.7. The van der Waals surface area contributed by atoms with E-state index in [0.29, 0.717) is 47.1 Å². The molecule has 0 radical (unpaired) electrons. The molecule has 1 amide bonds. The molecule has 0 unspecified atom stereocenters. The highest BCUT2D eigenvalue weighted by atomic mass is 32.2. The lowest BCUT2D eigenvalue weighted by Gasteiger charge is -2.19. The Hall–Kier alpha value is -4.24. The van der Waals surface area contributed by atoms with Crippen LogP contribution in [0, 0.1) is 0 Å². The Morgan fingerprint density at radius 2 is 1.71 bits per heavy atom. The van der Waals surface area contributed by atoms with Crippen molar-refractivity contribution in [2.45, 2.75) is 5.16 Å². The van der Waals surface area contributed by atoms with E-state index in [1.54, 1.807) is 18.2 Å². The lowest BCUT2D eigenvalue weighted by molar-refractivity contribution is -0.113. The van der Waals surface area contributed by atoms with Crippen LogP contribution in [0.1, 0.15) is 0 Å². The van der Waals surface area contributed by atoms with Crippen molar-refractivity contribution < 1.29 is 18.7 Å². The summed E-state index contributed by atoms with van der Waals surface area (Å²) in [6.45, 7) is 1.01. The first kappa shape index (κ1) is 21.3. The smallest absolute Gasteiger partial charge is 0.234 e. The highest BCUT2D eigenvalue weighted by Crippen LogP contribution is 2.34. The number of anilines is 1. The number of hydrogen-bond acceptors (Lipinski definition) is 7. The predicted molar refractivity (Wildman–Crippen MR) is 133 cm³/mol. The van der Waals surface area contributed by atoms with Crippen LogP contribution in [0.3, 0.4) is 0 Å². The van der Waals surface area contributed by atoms with Crippen LogP contribution in [-0.2, 0) is 4.79 Å². The molecule has 174 valence electrons. The van der Waals surface area contributed by atoms with Crippen LogP contribution >= 0.6 is 11.8 Å². The second kappa shape index (κ2) is 9.19. The van der Waals surface area contributed by atoms with Crippen molar-refractivity contribution >= 4 is 34.3 Å². The molecule has 5 aromatic rings. The van der Waals surface area contributed by atoms with E-state index in [4.69, 9.17) is 13.9 Å². The number of fused-ring (bicyclic) bond motifs is 2. The Bertz CT molecular complexity index is 1480. The molecule has 6 rings (SSSR count). The van der Waals surface area contributed by atoms with Crippen LogP contribution in [0.25, 0.3) is 28.2 Å². The van der Waals surface area contributed by atoms with Gasteiger partial charge in [0.25, 0.3) is 0 Å². The molecular weight excluding hydrogens is 464 g/mol. The highest BCUT2D eigenvalue weighted by molar-refractivity contribution is 7.99. The Balaban J connectivity index is 1.25. The monoisotopic (exact) mass is 484 g/mol. The zero-order valence-electron chi connectivity index (χ0n) is 18.5. The number of nitrogens with zero attached hydrogens (tertiary/aromatic N) is 3. The van der Waals surface area contributed by atoms with E-state index < -0.39 is 0 Å². The molecule has 0 bridgehead atoms. The summed E-state index contributed by atoms with van der Waals surface area (Å²) in [6.07, 6.45) is 0. The van der Waals surface area contributed by atoms with Gasteiger partial charge in [0.2, 0.25) is 11.7 Å². The lowest BCUT2D eigenvalue weighted by Crippen LogP contribution is -2.17. The SMILES string of the molecule is O=C(CSc1nnc(-c2cc3ccccc3o2)n1-c1ccccc1)Nc1ccc2c(c1)OCCO2. The van der Waals surface area contributed by atoms with Gasteiger partial charge in [0.1, 0.15) is 18.8 Å². The quantitative estimate of drug-likeness (QED) is 0.332. The van der Waals surface area contributed by atoms with E-state index in [2.05, 4.69) is 15.5 Å². The van der Waals surface area contributed by atoms with Gasteiger partial charge in [0, 0.05) is 22.8 Å². The largest absolute Gasteiger partial charge is 0.486 e. The predicted octanol–water partition coefficient (Wildman–Crippen LogP) is 5.18. The second-order valence-corrected chi connectivity index (χ2v) is 8.76. The van der Waals surface area contributed by atoms with Crippen LogP contribution in [0.5, 0.6) is 11.5 Å². The molecule has 1 N–H and O–H groups in total. The lowest BCUT2D eigenvalue weighted by atomic mass is 10.2. The number of hydrogen-bond donors (Lipinski definition) is 1. The summed E-state index contributed by atoms with van der Waals surface area (Å²) in [5.41, 5.74) is 2.30. The van der Waals surface area contributed by atoms with Crippen molar-refractivity contribution in [3.63, 3.8) is 0 Å². The van der Waals surface area contributed by atoms with Crippen LogP contribution in [0.15, 0.2) is 88.4 Å². The van der Waals surface area contributed by atoms with E-state index in [9.17, 15) is 4.79 Å². The fraction of sp³-hybridized carbons (Fsp3) is 0.115. The third kappa shape index (κ3) is 4.33. The van der Waals surface area contributed by atoms with Crippen molar-refractivity contribution in [1.82, 2.24) is 14.8 Å². The van der Waals surface area contributed by atoms with E-state index in [0.717, 1.165) is 16.7 Å². The fourth-order valence-corrected chi connectivity index (χ4v) is 4.63. The molecule has 0 aliphatic carbocycles. The zero-order valence-corrected chi connectivity index (χ0v) is 19.3. The number of aromatic nitrogens is 3. The van der Waals surface area contributed by atoms with Gasteiger partial charge < -0.3 is 19.2 Å². The molecule has 0 fully saturated rings. The Labute approximate surface area is 204 Å². The molecule has 0 saturated heterocycles. The summed E-state index contributed by atoms with van der Waals surface area (Å²) in [7, 11) is 0. The maximum absolute atomic E-state index is 12.7. The Morgan fingerprint density at radius 3 is 2.57 bits per heavy atom. The van der Waals surface area contributed by atoms with Gasteiger partial charge in [-0.3, -0.25) is 9.36 Å². The highest BCUT2D eigenvalue weighted by Gasteiger charge is 2.20. The number of nitrogens with one attached hydrogen (secondary N) is 1. The van der Waals surface area contributed by atoms with Gasteiger partial charge in [-0.05, 0) is 36.4 Å². The first-order chi connectivity index (χ1) is 17.2. The summed E-state index contributed by atoms with van der Waals surface area (Å²) in [4.78, 5) is 12.7. The fourth-order valence-electron chi connectivity index (χ4n) is 3.87. The molecule has 3 aromatic carbocycles. The second-order valence-electron chi connectivity index (χ2n) is 7.82. The first-order valence-corrected chi connectivity index (χ1v) is 12.1. The van der Waals surface area contributed by atoms with E-state index in [-0.39, 0.29) is 11.7 Å². The molecule has 0 saturated carbocycles. The van der Waals surface area contributed by atoms with Crippen LogP contribution in [0.4, 0.5) is 5.69 Å². The number of rotatable bonds is 6. The van der Waals surface area contributed by atoms with Crippen molar-refractivity contribution in [2.75, 3.05) is 24.3 Å². The summed E-state index contributed by atoms with van der Waals surface area (Å²) >= 11 is 1.30. The molecule has 0 atom stereocenters. The van der Waals surface area contributed by atoms with E-state index >= 15 is 0 Å². The van der Waals surface area contributed by atoms with Crippen LogP contribution in [0.2, 0.25) is 0 Å².